The van der Waals surface area contributed by atoms with E-state index in [1.807, 2.05) is 0 Å². The van der Waals surface area contributed by atoms with E-state index in [-0.39, 0.29) is 0 Å². The van der Waals surface area contributed by atoms with Gasteiger partial charge in [-0.15, -0.1) is 0 Å². The fraction of sp³-hybridized carbons (Fsp3) is 0.750. The van der Waals surface area contributed by atoms with Gasteiger partial charge in [-0.25, -0.2) is 0 Å². The van der Waals surface area contributed by atoms with Crippen LogP contribution in [0.5, 0.6) is 0 Å². The SMILES string of the molecule is CC(C)(O)C(C)(C)O.CCCCCCc1ccsc1.OB(O)O. The molecule has 0 saturated heterocycles. The highest BCUT2D eigenvalue weighted by Gasteiger charge is 2.31. The average molecular weight is 348 g/mol. The van der Waals surface area contributed by atoms with E-state index in [0.717, 1.165) is 0 Å². The summed E-state index contributed by atoms with van der Waals surface area (Å²) in [5, 5.41) is 44.1. The van der Waals surface area contributed by atoms with Crippen molar-refractivity contribution in [2.45, 2.75) is 77.9 Å². The van der Waals surface area contributed by atoms with Gasteiger partial charge in [0, 0.05) is 0 Å². The molecule has 0 bridgehead atoms. The molecule has 0 spiro atoms. The van der Waals surface area contributed by atoms with Crippen LogP contribution in [0.4, 0.5) is 0 Å². The first-order chi connectivity index (χ1) is 10.4. The number of hydrogen-bond donors (Lipinski definition) is 5. The summed E-state index contributed by atoms with van der Waals surface area (Å²) >= 11 is 1.80. The molecule has 0 aliphatic heterocycles. The van der Waals surface area contributed by atoms with Crippen LogP contribution in [0.2, 0.25) is 0 Å². The Morgan fingerprint density at radius 3 is 1.74 bits per heavy atom. The van der Waals surface area contributed by atoms with Crippen LogP contribution in [0.1, 0.15) is 65.9 Å². The number of hydrogen-bond acceptors (Lipinski definition) is 6. The second kappa shape index (κ2) is 12.9. The van der Waals surface area contributed by atoms with Crippen molar-refractivity contribution < 1.29 is 25.3 Å². The lowest BCUT2D eigenvalue weighted by molar-refractivity contribution is -0.107. The monoisotopic (exact) mass is 348 g/mol. The highest BCUT2D eigenvalue weighted by Crippen LogP contribution is 2.19. The van der Waals surface area contributed by atoms with Crippen LogP contribution in [-0.4, -0.2) is 43.8 Å². The maximum atomic E-state index is 9.10. The fourth-order valence-corrected chi connectivity index (χ4v) is 1.89. The Bertz CT molecular complexity index is 341. The summed E-state index contributed by atoms with van der Waals surface area (Å²) in [5.41, 5.74) is -0.494. The van der Waals surface area contributed by atoms with Crippen LogP contribution in [0.3, 0.4) is 0 Å². The van der Waals surface area contributed by atoms with Crippen molar-refractivity contribution in [3.63, 3.8) is 0 Å². The zero-order valence-corrected chi connectivity index (χ0v) is 15.8. The molecule has 136 valence electrons. The fourth-order valence-electron chi connectivity index (χ4n) is 1.19. The topological polar surface area (TPSA) is 101 Å². The van der Waals surface area contributed by atoms with E-state index in [9.17, 15) is 0 Å². The summed E-state index contributed by atoms with van der Waals surface area (Å²) in [6, 6.07) is 2.23. The normalized spacial score (nSPS) is 11.0. The van der Waals surface area contributed by atoms with Gasteiger partial charge in [0.25, 0.3) is 0 Å². The quantitative estimate of drug-likeness (QED) is 0.401. The largest absolute Gasteiger partial charge is 0.631 e. The Kier molecular flexibility index (Phi) is 13.9. The van der Waals surface area contributed by atoms with Gasteiger partial charge in [-0.3, -0.25) is 0 Å². The third kappa shape index (κ3) is 17.8. The maximum Gasteiger partial charge on any atom is 0.631 e. The van der Waals surface area contributed by atoms with Crippen molar-refractivity contribution in [3.8, 4) is 0 Å². The standard InChI is InChI=1S/C10H16S.C6H14O2.BH3O3/c1-2-3-4-5-6-10-7-8-11-9-10;1-5(2,7)6(3,4)8;2-1(3)4/h7-9H,2-6H2,1H3;7-8H,1-4H3;2-4H. The van der Waals surface area contributed by atoms with Crippen molar-refractivity contribution in [1.82, 2.24) is 0 Å². The Hall–Kier alpha value is -0.435. The Balaban J connectivity index is 0. The van der Waals surface area contributed by atoms with Crippen molar-refractivity contribution in [3.05, 3.63) is 22.4 Å². The number of unbranched alkanes of at least 4 members (excludes halogenated alkanes) is 3. The predicted octanol–water partition coefficient (Wildman–Crippen LogP) is 2.35. The van der Waals surface area contributed by atoms with Gasteiger partial charge in [0.15, 0.2) is 0 Å². The van der Waals surface area contributed by atoms with E-state index in [2.05, 4.69) is 23.8 Å². The van der Waals surface area contributed by atoms with E-state index < -0.39 is 18.5 Å². The molecule has 1 rings (SSSR count). The Morgan fingerprint density at radius 2 is 1.43 bits per heavy atom. The highest BCUT2D eigenvalue weighted by molar-refractivity contribution is 7.07. The van der Waals surface area contributed by atoms with Crippen LogP contribution in [0.25, 0.3) is 0 Å². The first-order valence-corrected chi connectivity index (χ1v) is 8.86. The first-order valence-electron chi connectivity index (χ1n) is 7.91. The van der Waals surface area contributed by atoms with Crippen LogP contribution in [0.15, 0.2) is 16.8 Å². The van der Waals surface area contributed by atoms with Gasteiger partial charge in [0.2, 0.25) is 0 Å². The van der Waals surface area contributed by atoms with E-state index >= 15 is 0 Å². The van der Waals surface area contributed by atoms with Gasteiger partial charge in [-0.05, 0) is 62.9 Å². The molecular formula is C16H33BO5S. The third-order valence-corrected chi connectivity index (χ3v) is 4.13. The minimum atomic E-state index is -2.17. The van der Waals surface area contributed by atoms with Gasteiger partial charge in [0.1, 0.15) is 0 Å². The maximum absolute atomic E-state index is 9.10. The van der Waals surface area contributed by atoms with Crippen molar-refractivity contribution in [2.24, 2.45) is 0 Å². The summed E-state index contributed by atoms with van der Waals surface area (Å²) in [7, 11) is -2.17. The molecule has 0 saturated carbocycles. The number of aryl methyl sites for hydroxylation is 1. The minimum Gasteiger partial charge on any atom is -0.402 e. The van der Waals surface area contributed by atoms with Crippen LogP contribution in [0, 0.1) is 0 Å². The average Bonchev–Trinajstić information content (AvgIpc) is 2.85. The minimum absolute atomic E-state index is 1.01. The molecule has 0 aliphatic rings. The van der Waals surface area contributed by atoms with Crippen molar-refractivity contribution in [2.75, 3.05) is 0 Å². The summed E-state index contributed by atoms with van der Waals surface area (Å²) in [6.07, 6.45) is 6.77. The highest BCUT2D eigenvalue weighted by atomic mass is 32.1. The Labute approximate surface area is 144 Å². The molecule has 23 heavy (non-hydrogen) atoms. The number of aliphatic hydroxyl groups is 2. The number of rotatable bonds is 6. The first kappa shape index (κ1) is 24.8. The van der Waals surface area contributed by atoms with Crippen molar-refractivity contribution in [1.29, 1.82) is 0 Å². The summed E-state index contributed by atoms with van der Waals surface area (Å²) in [6.45, 7) is 8.56. The van der Waals surface area contributed by atoms with Gasteiger partial charge in [-0.2, -0.15) is 11.3 Å². The van der Waals surface area contributed by atoms with Crippen LogP contribution < -0.4 is 0 Å². The Morgan fingerprint density at radius 1 is 0.957 bits per heavy atom. The van der Waals surface area contributed by atoms with E-state index in [0.29, 0.717) is 0 Å². The van der Waals surface area contributed by atoms with Gasteiger partial charge < -0.3 is 25.3 Å². The van der Waals surface area contributed by atoms with E-state index in [1.54, 1.807) is 39.0 Å². The van der Waals surface area contributed by atoms with Gasteiger partial charge in [0.05, 0.1) is 11.2 Å². The van der Waals surface area contributed by atoms with Crippen molar-refractivity contribution >= 4 is 18.7 Å². The second-order valence-corrected chi connectivity index (χ2v) is 7.19. The molecule has 1 heterocycles. The lowest BCUT2D eigenvalue weighted by Crippen LogP contribution is -2.44. The molecule has 0 fully saturated rings. The molecule has 5 nitrogen and oxygen atoms in total. The second-order valence-electron chi connectivity index (χ2n) is 6.41. The molecule has 1 aromatic rings. The predicted molar refractivity (Wildman–Crippen MR) is 97.2 cm³/mol. The molecule has 0 unspecified atom stereocenters. The smallest absolute Gasteiger partial charge is 0.402 e. The van der Waals surface area contributed by atoms with Crippen LogP contribution in [-0.2, 0) is 6.42 Å². The molecule has 0 aliphatic carbocycles. The zero-order valence-electron chi connectivity index (χ0n) is 15.0. The molecule has 0 amide bonds. The summed E-state index contributed by atoms with van der Waals surface area (Å²) in [4.78, 5) is 0. The zero-order chi connectivity index (χ0) is 18.5. The van der Waals surface area contributed by atoms with Gasteiger partial charge >= 0.3 is 7.32 Å². The molecular weight excluding hydrogens is 315 g/mol. The lowest BCUT2D eigenvalue weighted by Gasteiger charge is -2.31. The van der Waals surface area contributed by atoms with E-state index in [4.69, 9.17) is 25.3 Å². The number of thiophene rings is 1. The molecule has 7 heteroatoms. The summed E-state index contributed by atoms with van der Waals surface area (Å²) < 4.78 is 0. The van der Waals surface area contributed by atoms with Gasteiger partial charge in [-0.1, -0.05) is 26.2 Å². The van der Waals surface area contributed by atoms with E-state index in [1.165, 1.54) is 37.7 Å². The third-order valence-electron chi connectivity index (χ3n) is 3.40. The molecule has 0 atom stereocenters. The molecule has 1 aromatic heterocycles. The molecule has 0 radical (unpaired) electrons. The molecule has 0 aromatic carbocycles. The van der Waals surface area contributed by atoms with Crippen LogP contribution >= 0.6 is 11.3 Å². The molecule has 5 N–H and O–H groups in total. The lowest BCUT2D eigenvalue weighted by atomic mass is 9.90. The summed E-state index contributed by atoms with van der Waals surface area (Å²) in [5.74, 6) is 0.